The summed E-state index contributed by atoms with van der Waals surface area (Å²) in [6, 6.07) is 7.11. The van der Waals surface area contributed by atoms with Gasteiger partial charge in [0, 0.05) is 16.8 Å². The largest absolute Gasteiger partial charge is 0.455 e. The molecular formula is C12H12N2O2S. The quantitative estimate of drug-likeness (QED) is 0.847. The summed E-state index contributed by atoms with van der Waals surface area (Å²) in [4.78, 5) is 17.2. The summed E-state index contributed by atoms with van der Waals surface area (Å²) in [7, 11) is 0. The molecule has 88 valence electrons. The topological polar surface area (TPSA) is 65.2 Å². The number of nitrogens with two attached hydrogens (primary N) is 1. The van der Waals surface area contributed by atoms with Crippen molar-refractivity contribution in [2.45, 2.75) is 13.5 Å². The highest BCUT2D eigenvalue weighted by atomic mass is 32.1. The lowest BCUT2D eigenvalue weighted by atomic mass is 10.3. The number of aryl methyl sites for hydroxylation is 1. The molecule has 0 saturated heterocycles. The first-order chi connectivity index (χ1) is 8.16. The van der Waals surface area contributed by atoms with Crippen molar-refractivity contribution >= 4 is 23.0 Å². The second-order valence-corrected chi connectivity index (χ2v) is 4.78. The van der Waals surface area contributed by atoms with Crippen molar-refractivity contribution in [3.05, 3.63) is 45.9 Å². The van der Waals surface area contributed by atoms with Crippen molar-refractivity contribution in [2.24, 2.45) is 0 Å². The number of aromatic nitrogens is 1. The predicted octanol–water partition coefficient (Wildman–Crippen LogP) is 2.39. The van der Waals surface area contributed by atoms with Gasteiger partial charge in [0.2, 0.25) is 0 Å². The van der Waals surface area contributed by atoms with Crippen molar-refractivity contribution in [1.29, 1.82) is 0 Å². The van der Waals surface area contributed by atoms with Gasteiger partial charge in [-0.15, -0.1) is 11.3 Å². The summed E-state index contributed by atoms with van der Waals surface area (Å²) in [5.41, 5.74) is 7.02. The van der Waals surface area contributed by atoms with Crippen molar-refractivity contribution in [1.82, 2.24) is 4.98 Å². The first-order valence-electron chi connectivity index (χ1n) is 5.10. The Labute approximate surface area is 103 Å². The maximum Gasteiger partial charge on any atom is 0.348 e. The Hall–Kier alpha value is -1.88. The van der Waals surface area contributed by atoms with Crippen LogP contribution in [0.15, 0.2) is 30.5 Å². The van der Waals surface area contributed by atoms with Crippen molar-refractivity contribution in [3.63, 3.8) is 0 Å². The fourth-order valence-corrected chi connectivity index (χ4v) is 2.13. The van der Waals surface area contributed by atoms with Crippen molar-refractivity contribution < 1.29 is 9.53 Å². The monoisotopic (exact) mass is 248 g/mol. The summed E-state index contributed by atoms with van der Waals surface area (Å²) >= 11 is 1.34. The zero-order valence-corrected chi connectivity index (χ0v) is 10.2. The number of esters is 1. The molecule has 2 aromatic heterocycles. The van der Waals surface area contributed by atoms with Crippen LogP contribution in [-0.4, -0.2) is 11.0 Å². The third-order valence-corrected chi connectivity index (χ3v) is 3.28. The second kappa shape index (κ2) is 4.97. The molecule has 0 aliphatic rings. The molecule has 0 saturated carbocycles. The highest BCUT2D eigenvalue weighted by Gasteiger charge is 2.12. The standard InChI is InChI=1S/C12H12N2O2S/c1-8-10(13)6-11(17-8)12(15)16-7-9-4-2-3-5-14-9/h2-6H,7,13H2,1H3. The van der Waals surface area contributed by atoms with E-state index in [9.17, 15) is 4.79 Å². The minimum absolute atomic E-state index is 0.177. The van der Waals surface area contributed by atoms with Gasteiger partial charge in [-0.3, -0.25) is 4.98 Å². The first-order valence-corrected chi connectivity index (χ1v) is 5.91. The van der Waals surface area contributed by atoms with E-state index in [1.54, 1.807) is 18.3 Å². The van der Waals surface area contributed by atoms with Gasteiger partial charge in [-0.1, -0.05) is 6.07 Å². The number of nitrogen functional groups attached to an aromatic ring is 1. The maximum absolute atomic E-state index is 11.7. The van der Waals surface area contributed by atoms with Crippen LogP contribution in [-0.2, 0) is 11.3 Å². The third kappa shape index (κ3) is 2.82. The summed E-state index contributed by atoms with van der Waals surface area (Å²) in [6.45, 7) is 2.05. The van der Waals surface area contributed by atoms with E-state index < -0.39 is 0 Å². The molecule has 0 aromatic carbocycles. The third-order valence-electron chi connectivity index (χ3n) is 2.23. The lowest BCUT2D eigenvalue weighted by Crippen LogP contribution is -2.04. The SMILES string of the molecule is Cc1sc(C(=O)OCc2ccccn2)cc1N. The molecule has 4 nitrogen and oxygen atoms in total. The van der Waals surface area contributed by atoms with Gasteiger partial charge in [-0.05, 0) is 25.1 Å². The van der Waals surface area contributed by atoms with Gasteiger partial charge in [-0.25, -0.2) is 4.79 Å². The van der Waals surface area contributed by atoms with E-state index in [1.807, 2.05) is 19.1 Å². The van der Waals surface area contributed by atoms with E-state index in [-0.39, 0.29) is 12.6 Å². The number of ether oxygens (including phenoxy) is 1. The molecule has 0 amide bonds. The van der Waals surface area contributed by atoms with Gasteiger partial charge < -0.3 is 10.5 Å². The molecule has 0 aliphatic carbocycles. The molecule has 0 unspecified atom stereocenters. The summed E-state index contributed by atoms with van der Waals surface area (Å²) in [5.74, 6) is -0.361. The predicted molar refractivity (Wildman–Crippen MR) is 66.8 cm³/mol. The van der Waals surface area contributed by atoms with E-state index in [0.29, 0.717) is 10.6 Å². The molecular weight excluding hydrogens is 236 g/mol. The van der Waals surface area contributed by atoms with Crippen molar-refractivity contribution in [3.8, 4) is 0 Å². The van der Waals surface area contributed by atoms with E-state index in [4.69, 9.17) is 10.5 Å². The number of thiophene rings is 1. The number of anilines is 1. The lowest BCUT2D eigenvalue weighted by molar-refractivity contribution is 0.0473. The molecule has 0 spiro atoms. The van der Waals surface area contributed by atoms with E-state index in [1.165, 1.54) is 11.3 Å². The Morgan fingerprint density at radius 2 is 2.35 bits per heavy atom. The summed E-state index contributed by atoms with van der Waals surface area (Å²) in [6.07, 6.45) is 1.66. The van der Waals surface area contributed by atoms with E-state index >= 15 is 0 Å². The second-order valence-electron chi connectivity index (χ2n) is 3.52. The number of pyridine rings is 1. The molecule has 2 aromatic rings. The molecule has 17 heavy (non-hydrogen) atoms. The number of rotatable bonds is 3. The van der Waals surface area contributed by atoms with Crippen LogP contribution in [0.1, 0.15) is 20.2 Å². The van der Waals surface area contributed by atoms with Crippen LogP contribution in [0.4, 0.5) is 5.69 Å². The van der Waals surface area contributed by atoms with Crippen LogP contribution in [0.5, 0.6) is 0 Å². The molecule has 2 N–H and O–H groups in total. The van der Waals surface area contributed by atoms with Gasteiger partial charge in [0.25, 0.3) is 0 Å². The average Bonchev–Trinajstić information content (AvgIpc) is 2.68. The minimum atomic E-state index is -0.361. The lowest BCUT2D eigenvalue weighted by Gasteiger charge is -2.01. The average molecular weight is 248 g/mol. The van der Waals surface area contributed by atoms with Gasteiger partial charge in [-0.2, -0.15) is 0 Å². The maximum atomic E-state index is 11.7. The van der Waals surface area contributed by atoms with Gasteiger partial charge >= 0.3 is 5.97 Å². The Morgan fingerprint density at radius 3 is 2.94 bits per heavy atom. The Balaban J connectivity index is 1.98. The first kappa shape index (κ1) is 11.6. The molecule has 0 aliphatic heterocycles. The van der Waals surface area contributed by atoms with Crippen LogP contribution in [0.25, 0.3) is 0 Å². The van der Waals surface area contributed by atoms with Crippen LogP contribution in [0.2, 0.25) is 0 Å². The van der Waals surface area contributed by atoms with Gasteiger partial charge in [0.05, 0.1) is 5.69 Å². The molecule has 0 radical (unpaired) electrons. The number of hydrogen-bond acceptors (Lipinski definition) is 5. The molecule has 5 heteroatoms. The zero-order valence-electron chi connectivity index (χ0n) is 9.34. The van der Waals surface area contributed by atoms with Gasteiger partial charge in [0.1, 0.15) is 11.5 Å². The van der Waals surface area contributed by atoms with E-state index in [2.05, 4.69) is 4.98 Å². The van der Waals surface area contributed by atoms with E-state index in [0.717, 1.165) is 10.6 Å². The minimum Gasteiger partial charge on any atom is -0.455 e. The summed E-state index contributed by atoms with van der Waals surface area (Å²) < 4.78 is 5.14. The molecule has 2 rings (SSSR count). The van der Waals surface area contributed by atoms with Crippen LogP contribution < -0.4 is 5.73 Å². The normalized spacial score (nSPS) is 10.2. The molecule has 0 atom stereocenters. The molecule has 0 bridgehead atoms. The number of nitrogens with zero attached hydrogens (tertiary/aromatic N) is 1. The zero-order chi connectivity index (χ0) is 12.3. The Bertz CT molecular complexity index is 503. The Morgan fingerprint density at radius 1 is 1.53 bits per heavy atom. The number of carbonyl (C=O) groups is 1. The van der Waals surface area contributed by atoms with Crippen LogP contribution in [0, 0.1) is 6.92 Å². The summed E-state index contributed by atoms with van der Waals surface area (Å²) in [5, 5.41) is 0. The Kier molecular flexibility index (Phi) is 3.39. The van der Waals surface area contributed by atoms with Crippen LogP contribution >= 0.6 is 11.3 Å². The molecule has 2 heterocycles. The number of carbonyl (C=O) groups excluding carboxylic acids is 1. The highest BCUT2D eigenvalue weighted by Crippen LogP contribution is 2.24. The fourth-order valence-electron chi connectivity index (χ4n) is 1.29. The smallest absolute Gasteiger partial charge is 0.348 e. The van der Waals surface area contributed by atoms with Gasteiger partial charge in [0.15, 0.2) is 0 Å². The molecule has 0 fully saturated rings. The fraction of sp³-hybridized carbons (Fsp3) is 0.167. The highest BCUT2D eigenvalue weighted by molar-refractivity contribution is 7.14. The van der Waals surface area contributed by atoms with Crippen molar-refractivity contribution in [2.75, 3.05) is 5.73 Å². The van der Waals surface area contributed by atoms with Crippen LogP contribution in [0.3, 0.4) is 0 Å². The number of hydrogen-bond donors (Lipinski definition) is 1.